The van der Waals surface area contributed by atoms with E-state index >= 15 is 0 Å². The molecule has 0 bridgehead atoms. The minimum Gasteiger partial charge on any atom is -0.479 e. The fraction of sp³-hybridized carbons (Fsp3) is 0.462. The molecule has 0 saturated heterocycles. The van der Waals surface area contributed by atoms with Crippen LogP contribution in [0.1, 0.15) is 19.4 Å². The fourth-order valence-corrected chi connectivity index (χ4v) is 1.53. The number of aryl methyl sites for hydroxylation is 1. The molecule has 2 unspecified atom stereocenters. The van der Waals surface area contributed by atoms with Crippen molar-refractivity contribution in [1.82, 2.24) is 0 Å². The van der Waals surface area contributed by atoms with E-state index in [1.165, 1.54) is 0 Å². The zero-order valence-corrected chi connectivity index (χ0v) is 11.4. The Kier molecular flexibility index (Phi) is 5.44. The fourth-order valence-electron chi connectivity index (χ4n) is 1.30. The van der Waals surface area contributed by atoms with Crippen molar-refractivity contribution in [2.45, 2.75) is 33.0 Å². The van der Waals surface area contributed by atoms with Crippen LogP contribution in [0.2, 0.25) is 5.02 Å². The number of hydrogen-bond acceptors (Lipinski definition) is 4. The molecule has 2 atom stereocenters. The summed E-state index contributed by atoms with van der Waals surface area (Å²) in [6.07, 6.45) is -1.41. The van der Waals surface area contributed by atoms with Crippen molar-refractivity contribution in [3.05, 3.63) is 28.8 Å². The second kappa shape index (κ2) is 6.61. The molecule has 0 radical (unpaired) electrons. The Morgan fingerprint density at radius 3 is 2.67 bits per heavy atom. The van der Waals surface area contributed by atoms with Gasteiger partial charge in [0.05, 0.1) is 6.10 Å². The summed E-state index contributed by atoms with van der Waals surface area (Å²) in [5, 5.41) is 9.63. The van der Waals surface area contributed by atoms with Crippen LogP contribution in [0.3, 0.4) is 0 Å². The van der Waals surface area contributed by atoms with Crippen molar-refractivity contribution in [2.24, 2.45) is 0 Å². The number of hydrogen-bond donors (Lipinski definition) is 1. The lowest BCUT2D eigenvalue weighted by atomic mass is 10.2. The molecule has 1 aromatic carbocycles. The third-order valence-corrected chi connectivity index (χ3v) is 2.47. The van der Waals surface area contributed by atoms with Crippen LogP contribution in [0.15, 0.2) is 18.2 Å². The highest BCUT2D eigenvalue weighted by atomic mass is 35.5. The van der Waals surface area contributed by atoms with Crippen molar-refractivity contribution in [3.63, 3.8) is 0 Å². The number of aliphatic hydroxyl groups excluding tert-OH is 1. The molecule has 18 heavy (non-hydrogen) atoms. The number of ether oxygens (including phenoxy) is 2. The molecule has 0 fully saturated rings. The Hall–Kier alpha value is -1.26. The standard InChI is InChI=1S/C13H17ClO4/c1-8-6-11(14)4-5-12(8)18-10(3)13(16)17-7-9(2)15/h4-6,9-10,15H,7H2,1-3H3. The van der Waals surface area contributed by atoms with E-state index in [0.717, 1.165) is 5.56 Å². The number of carbonyl (C=O) groups excluding carboxylic acids is 1. The van der Waals surface area contributed by atoms with E-state index in [2.05, 4.69) is 0 Å². The molecule has 5 heteroatoms. The Morgan fingerprint density at radius 1 is 1.44 bits per heavy atom. The van der Waals surface area contributed by atoms with E-state index in [1.54, 1.807) is 32.0 Å². The van der Waals surface area contributed by atoms with Gasteiger partial charge in [0.25, 0.3) is 0 Å². The minimum absolute atomic E-state index is 0.0356. The summed E-state index contributed by atoms with van der Waals surface area (Å²) >= 11 is 5.83. The number of aliphatic hydroxyl groups is 1. The highest BCUT2D eigenvalue weighted by Gasteiger charge is 2.17. The van der Waals surface area contributed by atoms with Gasteiger partial charge in [0.2, 0.25) is 0 Å². The van der Waals surface area contributed by atoms with Gasteiger partial charge in [-0.05, 0) is 44.5 Å². The highest BCUT2D eigenvalue weighted by Crippen LogP contribution is 2.22. The molecule has 100 valence electrons. The summed E-state index contributed by atoms with van der Waals surface area (Å²) in [6, 6.07) is 5.15. The van der Waals surface area contributed by atoms with Crippen molar-refractivity contribution < 1.29 is 19.4 Å². The number of benzene rings is 1. The number of halogens is 1. The lowest BCUT2D eigenvalue weighted by Crippen LogP contribution is -2.28. The van der Waals surface area contributed by atoms with Gasteiger partial charge in [0.1, 0.15) is 12.4 Å². The molecular weight excluding hydrogens is 256 g/mol. The number of rotatable bonds is 5. The summed E-state index contributed by atoms with van der Waals surface area (Å²) in [4.78, 5) is 11.5. The first-order valence-electron chi connectivity index (χ1n) is 5.67. The first-order valence-corrected chi connectivity index (χ1v) is 6.05. The summed E-state index contributed by atoms with van der Waals surface area (Å²) in [5.74, 6) is 0.0751. The van der Waals surface area contributed by atoms with E-state index in [4.69, 9.17) is 26.2 Å². The van der Waals surface area contributed by atoms with Gasteiger partial charge in [-0.1, -0.05) is 11.6 Å². The highest BCUT2D eigenvalue weighted by molar-refractivity contribution is 6.30. The topological polar surface area (TPSA) is 55.8 Å². The van der Waals surface area contributed by atoms with Gasteiger partial charge in [-0.15, -0.1) is 0 Å². The first kappa shape index (κ1) is 14.8. The average Bonchev–Trinajstić information content (AvgIpc) is 2.29. The Labute approximate surface area is 111 Å². The first-order chi connectivity index (χ1) is 8.40. The van der Waals surface area contributed by atoms with Gasteiger partial charge in [0, 0.05) is 5.02 Å². The molecule has 0 aliphatic rings. The monoisotopic (exact) mass is 272 g/mol. The zero-order valence-electron chi connectivity index (χ0n) is 10.6. The lowest BCUT2D eigenvalue weighted by molar-refractivity contribution is -0.153. The summed E-state index contributed by atoms with van der Waals surface area (Å²) in [7, 11) is 0. The number of carbonyl (C=O) groups is 1. The van der Waals surface area contributed by atoms with Crippen LogP contribution in [0.25, 0.3) is 0 Å². The molecule has 1 aromatic rings. The molecule has 0 aromatic heterocycles. The minimum atomic E-state index is -0.733. The molecule has 0 spiro atoms. The normalized spacial score (nSPS) is 13.8. The van der Waals surface area contributed by atoms with Crippen molar-refractivity contribution in [3.8, 4) is 5.75 Å². The van der Waals surface area contributed by atoms with Crippen molar-refractivity contribution in [1.29, 1.82) is 0 Å². The van der Waals surface area contributed by atoms with Crippen LogP contribution in [-0.4, -0.2) is 29.9 Å². The second-order valence-electron chi connectivity index (χ2n) is 4.15. The van der Waals surface area contributed by atoms with E-state index in [0.29, 0.717) is 10.8 Å². The van der Waals surface area contributed by atoms with Crippen LogP contribution < -0.4 is 4.74 Å². The van der Waals surface area contributed by atoms with Gasteiger partial charge < -0.3 is 14.6 Å². The van der Waals surface area contributed by atoms with Crippen LogP contribution in [0.5, 0.6) is 5.75 Å². The molecule has 0 saturated carbocycles. The van der Waals surface area contributed by atoms with Gasteiger partial charge >= 0.3 is 5.97 Å². The Bertz CT molecular complexity index is 417. The SMILES string of the molecule is Cc1cc(Cl)ccc1OC(C)C(=O)OCC(C)O. The van der Waals surface area contributed by atoms with Crippen molar-refractivity contribution in [2.75, 3.05) is 6.61 Å². The molecule has 0 heterocycles. The van der Waals surface area contributed by atoms with E-state index in [1.807, 2.05) is 6.92 Å². The van der Waals surface area contributed by atoms with Crippen LogP contribution in [-0.2, 0) is 9.53 Å². The van der Waals surface area contributed by atoms with E-state index in [-0.39, 0.29) is 6.61 Å². The quantitative estimate of drug-likeness (QED) is 0.836. The molecule has 0 aliphatic heterocycles. The molecule has 4 nitrogen and oxygen atoms in total. The molecular formula is C13H17ClO4. The van der Waals surface area contributed by atoms with Crippen LogP contribution in [0.4, 0.5) is 0 Å². The second-order valence-corrected chi connectivity index (χ2v) is 4.59. The molecule has 0 amide bonds. The number of esters is 1. The van der Waals surface area contributed by atoms with Gasteiger partial charge in [0.15, 0.2) is 6.10 Å². The Balaban J connectivity index is 2.58. The maximum absolute atomic E-state index is 11.5. The maximum atomic E-state index is 11.5. The smallest absolute Gasteiger partial charge is 0.347 e. The largest absolute Gasteiger partial charge is 0.479 e. The Morgan fingerprint density at radius 2 is 2.11 bits per heavy atom. The lowest BCUT2D eigenvalue weighted by Gasteiger charge is -2.16. The summed E-state index contributed by atoms with van der Waals surface area (Å²) < 4.78 is 10.3. The van der Waals surface area contributed by atoms with Crippen LogP contribution in [0, 0.1) is 6.92 Å². The van der Waals surface area contributed by atoms with Crippen LogP contribution >= 0.6 is 11.6 Å². The summed E-state index contributed by atoms with van der Waals surface area (Å²) in [6.45, 7) is 4.95. The maximum Gasteiger partial charge on any atom is 0.347 e. The third kappa shape index (κ3) is 4.55. The predicted molar refractivity (Wildman–Crippen MR) is 68.9 cm³/mol. The zero-order chi connectivity index (χ0) is 13.7. The van der Waals surface area contributed by atoms with E-state index < -0.39 is 18.2 Å². The van der Waals surface area contributed by atoms with Gasteiger partial charge in [-0.3, -0.25) is 0 Å². The predicted octanol–water partition coefficient (Wildman–Crippen LogP) is 2.34. The van der Waals surface area contributed by atoms with Crippen molar-refractivity contribution >= 4 is 17.6 Å². The average molecular weight is 273 g/mol. The van der Waals surface area contributed by atoms with Gasteiger partial charge in [-0.2, -0.15) is 0 Å². The third-order valence-electron chi connectivity index (χ3n) is 2.24. The molecule has 1 rings (SSSR count). The van der Waals surface area contributed by atoms with E-state index in [9.17, 15) is 4.79 Å². The molecule has 0 aliphatic carbocycles. The summed E-state index contributed by atoms with van der Waals surface area (Å²) in [5.41, 5.74) is 0.845. The van der Waals surface area contributed by atoms with Gasteiger partial charge in [-0.25, -0.2) is 4.79 Å². The molecule has 1 N–H and O–H groups in total.